The fourth-order valence-corrected chi connectivity index (χ4v) is 2.88. The topological polar surface area (TPSA) is 125 Å². The van der Waals surface area contributed by atoms with Gasteiger partial charge in [0, 0.05) is 17.6 Å². The number of H-pyrrole nitrogens is 1. The van der Waals surface area contributed by atoms with Gasteiger partial charge in [-0.2, -0.15) is 5.10 Å². The van der Waals surface area contributed by atoms with Gasteiger partial charge in [-0.05, 0) is 19.4 Å². The van der Waals surface area contributed by atoms with Crippen LogP contribution in [0.25, 0.3) is 5.69 Å². The van der Waals surface area contributed by atoms with Crippen molar-refractivity contribution in [1.29, 1.82) is 10.8 Å². The predicted molar refractivity (Wildman–Crippen MR) is 102 cm³/mol. The molecule has 0 aliphatic rings. The number of benzene rings is 1. The van der Waals surface area contributed by atoms with E-state index in [1.165, 1.54) is 15.6 Å². The molecule has 0 aliphatic heterocycles. The van der Waals surface area contributed by atoms with E-state index in [1.54, 1.807) is 20.0 Å². The van der Waals surface area contributed by atoms with Crippen molar-refractivity contribution in [3.05, 3.63) is 69.3 Å². The lowest BCUT2D eigenvalue weighted by molar-refractivity contribution is 0.583. The molecule has 3 aromatic rings. The molecule has 0 saturated carbocycles. The van der Waals surface area contributed by atoms with E-state index in [9.17, 15) is 9.59 Å². The van der Waals surface area contributed by atoms with E-state index in [-0.39, 0.29) is 12.5 Å². The maximum absolute atomic E-state index is 12.6. The van der Waals surface area contributed by atoms with Gasteiger partial charge < -0.3 is 10.8 Å². The Morgan fingerprint density at radius 3 is 2.44 bits per heavy atom. The van der Waals surface area contributed by atoms with E-state index >= 15 is 0 Å². The van der Waals surface area contributed by atoms with Crippen LogP contribution >= 0.6 is 0 Å². The fourth-order valence-electron chi connectivity index (χ4n) is 2.88. The normalized spacial score (nSPS) is 12.1. The number of nitrogens with one attached hydrogen (secondary N) is 3. The van der Waals surface area contributed by atoms with Crippen molar-refractivity contribution >= 4 is 11.4 Å². The van der Waals surface area contributed by atoms with Gasteiger partial charge in [-0.15, -0.1) is 0 Å². The minimum Gasteiger partial charge on any atom is -0.309 e. The summed E-state index contributed by atoms with van der Waals surface area (Å²) in [5.74, 6) is -0.365. The van der Waals surface area contributed by atoms with Crippen LogP contribution < -0.4 is 11.4 Å². The van der Waals surface area contributed by atoms with Gasteiger partial charge in [0.2, 0.25) is 0 Å². The summed E-state index contributed by atoms with van der Waals surface area (Å²) in [5.41, 5.74) is 0.948. The molecular formula is C18H21N7O2. The van der Waals surface area contributed by atoms with Gasteiger partial charge in [-0.3, -0.25) is 4.68 Å². The highest BCUT2D eigenvalue weighted by atomic mass is 16.2. The highest BCUT2D eigenvalue weighted by Crippen LogP contribution is 2.08. The number of aromatic amines is 1. The summed E-state index contributed by atoms with van der Waals surface area (Å²) in [4.78, 5) is 24.9. The third-order valence-corrected chi connectivity index (χ3v) is 4.33. The first-order valence-electron chi connectivity index (χ1n) is 8.45. The van der Waals surface area contributed by atoms with Gasteiger partial charge >= 0.3 is 11.4 Å². The fraction of sp³-hybridized carbons (Fsp3) is 0.278. The first kappa shape index (κ1) is 18.3. The van der Waals surface area contributed by atoms with Crippen molar-refractivity contribution < 1.29 is 0 Å². The summed E-state index contributed by atoms with van der Waals surface area (Å²) in [7, 11) is 0. The molecule has 0 spiro atoms. The largest absolute Gasteiger partial charge is 0.352 e. The highest BCUT2D eigenvalue weighted by molar-refractivity contribution is 6.02. The van der Waals surface area contributed by atoms with Crippen LogP contribution in [0.2, 0.25) is 0 Å². The molecule has 27 heavy (non-hydrogen) atoms. The Morgan fingerprint density at radius 1 is 1.15 bits per heavy atom. The Hall–Kier alpha value is -3.49. The highest BCUT2D eigenvalue weighted by Gasteiger charge is 2.17. The molecule has 0 radical (unpaired) electrons. The van der Waals surface area contributed by atoms with Crippen LogP contribution in [0.15, 0.2) is 52.3 Å². The van der Waals surface area contributed by atoms with E-state index < -0.39 is 11.4 Å². The first-order chi connectivity index (χ1) is 12.9. The Kier molecular flexibility index (Phi) is 5.02. The lowest BCUT2D eigenvalue weighted by atomic mass is 10.00. The van der Waals surface area contributed by atoms with Crippen LogP contribution in [0, 0.1) is 16.7 Å². The molecule has 2 heterocycles. The van der Waals surface area contributed by atoms with Crippen LogP contribution in [-0.4, -0.2) is 35.6 Å². The number of hydrogen-bond donors (Lipinski definition) is 3. The maximum atomic E-state index is 12.6. The zero-order valence-corrected chi connectivity index (χ0v) is 15.1. The average molecular weight is 367 g/mol. The molecule has 0 unspecified atom stereocenters. The van der Waals surface area contributed by atoms with Crippen molar-refractivity contribution in [2.24, 2.45) is 5.92 Å². The Balaban J connectivity index is 1.89. The zero-order chi connectivity index (χ0) is 19.6. The second-order valence-corrected chi connectivity index (χ2v) is 6.45. The minimum absolute atomic E-state index is 0.262. The standard InChI is InChI=1S/C18H21N7O2/c1-12(19)16(13(2)20)11-23-10-15(8-21-23)25-17(26)22-24(18(25)27)9-14-6-4-3-5-7-14/h3-8,10,16,19-20H,9,11H2,1-2H3,(H,22,26). The molecular weight excluding hydrogens is 346 g/mol. The number of rotatable bonds is 7. The molecule has 0 atom stereocenters. The molecule has 2 aromatic heterocycles. The monoisotopic (exact) mass is 367 g/mol. The van der Waals surface area contributed by atoms with E-state index in [1.807, 2.05) is 30.3 Å². The maximum Gasteiger partial charge on any atom is 0.352 e. The molecule has 0 saturated heterocycles. The number of aromatic nitrogens is 5. The van der Waals surface area contributed by atoms with Crippen LogP contribution in [0.3, 0.4) is 0 Å². The summed E-state index contributed by atoms with van der Waals surface area (Å²) in [6, 6.07) is 9.37. The van der Waals surface area contributed by atoms with Gasteiger partial charge in [0.15, 0.2) is 0 Å². The van der Waals surface area contributed by atoms with Crippen LogP contribution in [0.5, 0.6) is 0 Å². The smallest absolute Gasteiger partial charge is 0.309 e. The van der Waals surface area contributed by atoms with E-state index in [0.717, 1.165) is 10.1 Å². The van der Waals surface area contributed by atoms with Crippen LogP contribution in [0.4, 0.5) is 0 Å². The molecule has 0 bridgehead atoms. The Bertz CT molecular complexity index is 1070. The third kappa shape index (κ3) is 3.86. The van der Waals surface area contributed by atoms with Crippen molar-refractivity contribution in [2.45, 2.75) is 26.9 Å². The van der Waals surface area contributed by atoms with Gasteiger partial charge in [0.05, 0.1) is 30.9 Å². The minimum atomic E-state index is -0.543. The summed E-state index contributed by atoms with van der Waals surface area (Å²) in [6.07, 6.45) is 3.00. The average Bonchev–Trinajstić information content (AvgIpc) is 3.17. The summed E-state index contributed by atoms with van der Waals surface area (Å²) < 4.78 is 3.81. The molecule has 1 aromatic carbocycles. The van der Waals surface area contributed by atoms with Gasteiger partial charge in [-0.25, -0.2) is 23.9 Å². The molecule has 3 rings (SSSR count). The van der Waals surface area contributed by atoms with E-state index in [0.29, 0.717) is 23.7 Å². The summed E-state index contributed by atoms with van der Waals surface area (Å²) in [5, 5.41) is 22.3. The lowest BCUT2D eigenvalue weighted by Gasteiger charge is -2.14. The van der Waals surface area contributed by atoms with Crippen molar-refractivity contribution in [3.8, 4) is 5.69 Å². The Morgan fingerprint density at radius 2 is 1.81 bits per heavy atom. The molecule has 9 nitrogen and oxygen atoms in total. The van der Waals surface area contributed by atoms with Crippen LogP contribution in [0.1, 0.15) is 19.4 Å². The molecule has 0 amide bonds. The quantitative estimate of drug-likeness (QED) is 0.544. The van der Waals surface area contributed by atoms with Crippen molar-refractivity contribution in [3.63, 3.8) is 0 Å². The third-order valence-electron chi connectivity index (χ3n) is 4.33. The summed E-state index contributed by atoms with van der Waals surface area (Å²) in [6.45, 7) is 3.86. The molecule has 140 valence electrons. The molecule has 0 aliphatic carbocycles. The second-order valence-electron chi connectivity index (χ2n) is 6.45. The van der Waals surface area contributed by atoms with Gasteiger partial charge in [-0.1, -0.05) is 30.3 Å². The lowest BCUT2D eigenvalue weighted by Crippen LogP contribution is -2.27. The molecule has 9 heteroatoms. The molecule has 0 fully saturated rings. The van der Waals surface area contributed by atoms with Crippen molar-refractivity contribution in [2.75, 3.05) is 0 Å². The van der Waals surface area contributed by atoms with Gasteiger partial charge in [0.25, 0.3) is 0 Å². The second kappa shape index (κ2) is 7.40. The first-order valence-corrected chi connectivity index (χ1v) is 8.45. The SMILES string of the molecule is CC(=N)C(Cn1cc(-n2c(=O)[nH]n(Cc3ccccc3)c2=O)cn1)C(C)=N. The van der Waals surface area contributed by atoms with Crippen molar-refractivity contribution in [1.82, 2.24) is 24.1 Å². The van der Waals surface area contributed by atoms with E-state index in [2.05, 4.69) is 10.2 Å². The molecule has 3 N–H and O–H groups in total. The number of nitrogens with zero attached hydrogens (tertiary/aromatic N) is 4. The van der Waals surface area contributed by atoms with E-state index in [4.69, 9.17) is 10.8 Å². The van der Waals surface area contributed by atoms with Gasteiger partial charge in [0.1, 0.15) is 0 Å². The summed E-state index contributed by atoms with van der Waals surface area (Å²) >= 11 is 0. The Labute approximate surface area is 154 Å². The zero-order valence-electron chi connectivity index (χ0n) is 15.1. The predicted octanol–water partition coefficient (Wildman–Crippen LogP) is 1.27. The van der Waals surface area contributed by atoms with Crippen LogP contribution in [-0.2, 0) is 13.1 Å². The number of hydrogen-bond acceptors (Lipinski definition) is 5.